The van der Waals surface area contributed by atoms with Crippen LogP contribution >= 0.6 is 11.8 Å². The zero-order chi connectivity index (χ0) is 20.4. The molecule has 0 radical (unpaired) electrons. The van der Waals surface area contributed by atoms with Crippen LogP contribution in [0.2, 0.25) is 0 Å². The number of hydrogen-bond acceptors (Lipinski definition) is 4. The molecule has 1 saturated heterocycles. The molecule has 0 bridgehead atoms. The second-order valence-electron chi connectivity index (χ2n) is 7.96. The summed E-state index contributed by atoms with van der Waals surface area (Å²) in [5.74, 6) is 0.845. The largest absolute Gasteiger partial charge is 0.378 e. The van der Waals surface area contributed by atoms with E-state index in [1.807, 2.05) is 31.3 Å². The molecule has 1 fully saturated rings. The quantitative estimate of drug-likeness (QED) is 0.475. The van der Waals surface area contributed by atoms with Gasteiger partial charge >= 0.3 is 0 Å². The van der Waals surface area contributed by atoms with Gasteiger partial charge in [0.2, 0.25) is 0 Å². The summed E-state index contributed by atoms with van der Waals surface area (Å²) in [5, 5.41) is 7.68. The van der Waals surface area contributed by atoms with Crippen LogP contribution in [0.1, 0.15) is 32.6 Å². The summed E-state index contributed by atoms with van der Waals surface area (Å²) in [4.78, 5) is 4.32. The summed E-state index contributed by atoms with van der Waals surface area (Å²) in [6, 6.07) is 0.325. The average Bonchev–Trinajstić information content (AvgIpc) is 3.19. The van der Waals surface area contributed by atoms with Crippen molar-refractivity contribution in [3.63, 3.8) is 0 Å². The molecule has 3 nitrogen and oxygen atoms in total. The zero-order valence-electron chi connectivity index (χ0n) is 17.9. The Kier molecular flexibility index (Phi) is 9.72. The van der Waals surface area contributed by atoms with Crippen LogP contribution in [0.5, 0.6) is 0 Å². The average molecular weight is 400 g/mol. The zero-order valence-corrected chi connectivity index (χ0v) is 18.7. The van der Waals surface area contributed by atoms with E-state index in [1.165, 1.54) is 44.3 Å². The minimum absolute atomic E-state index is 0.325. The summed E-state index contributed by atoms with van der Waals surface area (Å²) in [7, 11) is 4.00. The van der Waals surface area contributed by atoms with Gasteiger partial charge < -0.3 is 15.1 Å². The highest BCUT2D eigenvalue weighted by Crippen LogP contribution is 2.27. The number of nitrogens with one attached hydrogen (secondary N) is 1. The van der Waals surface area contributed by atoms with Crippen molar-refractivity contribution in [2.75, 3.05) is 33.7 Å². The topological polar surface area (TPSA) is 18.5 Å². The van der Waals surface area contributed by atoms with E-state index in [0.29, 0.717) is 6.04 Å². The molecule has 2 aliphatic rings. The van der Waals surface area contributed by atoms with Crippen molar-refractivity contribution in [3.05, 3.63) is 71.3 Å². The minimum Gasteiger partial charge on any atom is -0.378 e. The first kappa shape index (κ1) is 22.6. The highest BCUT2D eigenvalue weighted by Gasteiger charge is 2.18. The maximum atomic E-state index is 4.02. The summed E-state index contributed by atoms with van der Waals surface area (Å²) in [6.45, 7) is 13.6. The second-order valence-corrected chi connectivity index (χ2v) is 8.78. The lowest BCUT2D eigenvalue weighted by Gasteiger charge is -2.28. The molecule has 4 heteroatoms. The maximum absolute atomic E-state index is 4.02. The number of rotatable bonds is 11. The predicted molar refractivity (Wildman–Crippen MR) is 126 cm³/mol. The highest BCUT2D eigenvalue weighted by atomic mass is 32.2. The van der Waals surface area contributed by atoms with Crippen LogP contribution in [0.15, 0.2) is 71.3 Å². The summed E-state index contributed by atoms with van der Waals surface area (Å²) < 4.78 is 0. The van der Waals surface area contributed by atoms with Crippen molar-refractivity contribution in [2.45, 2.75) is 38.6 Å². The van der Waals surface area contributed by atoms with Gasteiger partial charge in [0.25, 0.3) is 0 Å². The number of allylic oxidation sites excluding steroid dienone is 4. The molecular formula is C24H37N3S. The van der Waals surface area contributed by atoms with Gasteiger partial charge in [0.05, 0.1) is 0 Å². The van der Waals surface area contributed by atoms with Crippen LogP contribution in [0.4, 0.5) is 0 Å². The Labute approximate surface area is 176 Å². The van der Waals surface area contributed by atoms with Gasteiger partial charge in [-0.1, -0.05) is 42.5 Å². The molecule has 28 heavy (non-hydrogen) atoms. The van der Waals surface area contributed by atoms with Crippen LogP contribution in [0.3, 0.4) is 0 Å². The van der Waals surface area contributed by atoms with Crippen molar-refractivity contribution in [1.29, 1.82) is 0 Å². The van der Waals surface area contributed by atoms with Crippen molar-refractivity contribution < 1.29 is 0 Å². The Morgan fingerprint density at radius 1 is 1.29 bits per heavy atom. The normalized spacial score (nSPS) is 20.9. The van der Waals surface area contributed by atoms with Crippen LogP contribution in [-0.2, 0) is 0 Å². The van der Waals surface area contributed by atoms with E-state index in [0.717, 1.165) is 18.2 Å². The van der Waals surface area contributed by atoms with Gasteiger partial charge in [-0.2, -0.15) is 0 Å². The first-order valence-corrected chi connectivity index (χ1v) is 11.2. The fourth-order valence-electron chi connectivity index (χ4n) is 3.48. The highest BCUT2D eigenvalue weighted by molar-refractivity contribution is 8.04. The van der Waals surface area contributed by atoms with Gasteiger partial charge in [-0.3, -0.25) is 0 Å². The molecule has 1 aliphatic heterocycles. The van der Waals surface area contributed by atoms with E-state index >= 15 is 0 Å². The lowest BCUT2D eigenvalue weighted by Crippen LogP contribution is -2.28. The van der Waals surface area contributed by atoms with Gasteiger partial charge in [0.15, 0.2) is 0 Å². The molecule has 154 valence electrons. The smallest absolute Gasteiger partial charge is 0.0450 e. The predicted octanol–water partition coefficient (Wildman–Crippen LogP) is 5.30. The van der Waals surface area contributed by atoms with E-state index in [-0.39, 0.29) is 0 Å². The van der Waals surface area contributed by atoms with Gasteiger partial charge in [0.1, 0.15) is 0 Å². The van der Waals surface area contributed by atoms with Gasteiger partial charge in [-0.15, -0.1) is 11.8 Å². The monoisotopic (exact) mass is 399 g/mol. The lowest BCUT2D eigenvalue weighted by molar-refractivity contribution is 0.360. The molecule has 0 aromatic rings. The second kappa shape index (κ2) is 12.0. The van der Waals surface area contributed by atoms with E-state index < -0.39 is 0 Å². The molecular weight excluding hydrogens is 362 g/mol. The SMILES string of the molecule is C=CN(CC1=CC=C(CC2CCNC2)CC1)C(C)/C=C/S/C=C\C(=C)N(C)C. The Morgan fingerprint density at radius 3 is 2.64 bits per heavy atom. The third kappa shape index (κ3) is 7.76. The Hall–Kier alpha value is -1.65. The Bertz CT molecular complexity index is 636. The Morgan fingerprint density at radius 2 is 2.04 bits per heavy atom. The molecule has 0 spiro atoms. The molecule has 1 aliphatic carbocycles. The van der Waals surface area contributed by atoms with Gasteiger partial charge in [-0.05, 0) is 74.7 Å². The summed E-state index contributed by atoms with van der Waals surface area (Å²) >= 11 is 1.68. The van der Waals surface area contributed by atoms with Crippen LogP contribution in [-0.4, -0.2) is 49.6 Å². The van der Waals surface area contributed by atoms with Crippen LogP contribution in [0, 0.1) is 5.92 Å². The van der Waals surface area contributed by atoms with Crippen LogP contribution < -0.4 is 5.32 Å². The van der Waals surface area contributed by atoms with Crippen molar-refractivity contribution in [3.8, 4) is 0 Å². The summed E-state index contributed by atoms with van der Waals surface area (Å²) in [6.07, 6.45) is 15.9. The minimum atomic E-state index is 0.325. The van der Waals surface area contributed by atoms with E-state index in [9.17, 15) is 0 Å². The van der Waals surface area contributed by atoms with Gasteiger partial charge in [-0.25, -0.2) is 0 Å². The first-order valence-electron chi connectivity index (χ1n) is 10.3. The standard InChI is InChI=1S/C24H37N3S/c1-6-27(21(3)13-16-28-15-12-20(2)26(4)5)19-23-9-7-22(8-10-23)17-24-11-14-25-18-24/h6-7,9,12-13,15-16,21,24-25H,1-2,8,10-11,14,17-19H2,3-5H3/b15-12-,16-13+. The molecule has 0 amide bonds. The van der Waals surface area contributed by atoms with Crippen molar-refractivity contribution in [2.24, 2.45) is 5.92 Å². The third-order valence-electron chi connectivity index (χ3n) is 5.53. The molecule has 0 saturated carbocycles. The van der Waals surface area contributed by atoms with E-state index in [1.54, 1.807) is 17.3 Å². The maximum Gasteiger partial charge on any atom is 0.0450 e. The number of thioether (sulfide) groups is 1. The molecule has 2 rings (SSSR count). The van der Waals surface area contributed by atoms with Crippen molar-refractivity contribution >= 4 is 11.8 Å². The molecule has 0 aromatic heterocycles. The Balaban J connectivity index is 1.79. The molecule has 1 heterocycles. The summed E-state index contributed by atoms with van der Waals surface area (Å²) in [5.41, 5.74) is 4.13. The van der Waals surface area contributed by atoms with E-state index in [4.69, 9.17) is 0 Å². The molecule has 2 unspecified atom stereocenters. The lowest BCUT2D eigenvalue weighted by atomic mass is 9.90. The van der Waals surface area contributed by atoms with E-state index in [2.05, 4.69) is 59.3 Å². The fourth-order valence-corrected chi connectivity index (χ4v) is 4.12. The van der Waals surface area contributed by atoms with Crippen LogP contribution in [0.25, 0.3) is 0 Å². The fraction of sp³-hybridized carbons (Fsp3) is 0.500. The molecule has 0 aromatic carbocycles. The number of hydrogen-bond donors (Lipinski definition) is 1. The number of likely N-dealkylation sites (N-methyl/N-ethyl adjacent to an activating group) is 1. The molecule has 2 atom stereocenters. The van der Waals surface area contributed by atoms with Crippen molar-refractivity contribution in [1.82, 2.24) is 15.1 Å². The third-order valence-corrected chi connectivity index (χ3v) is 6.14. The first-order chi connectivity index (χ1) is 13.5. The van der Waals surface area contributed by atoms with Gasteiger partial charge in [0, 0.05) is 32.4 Å². The number of nitrogens with zero attached hydrogens (tertiary/aromatic N) is 2. The molecule has 1 N–H and O–H groups in total.